The van der Waals surface area contributed by atoms with Crippen molar-refractivity contribution >= 4 is 41.4 Å². The van der Waals surface area contributed by atoms with Gasteiger partial charge in [0.05, 0.1) is 12.6 Å². The number of ketones is 1. The van der Waals surface area contributed by atoms with Gasteiger partial charge in [0.2, 0.25) is 29.4 Å². The lowest BCUT2D eigenvalue weighted by Crippen LogP contribution is -2.59. The zero-order valence-corrected chi connectivity index (χ0v) is 30.9. The lowest BCUT2D eigenvalue weighted by atomic mass is 9.83. The fourth-order valence-electron chi connectivity index (χ4n) is 7.11. The Hall–Kier alpha value is -4.75. The van der Waals surface area contributed by atoms with Crippen LogP contribution in [0.4, 0.5) is 4.79 Å². The van der Waals surface area contributed by atoms with Crippen molar-refractivity contribution in [3.8, 4) is 0 Å². The number of rotatable bonds is 15. The third kappa shape index (κ3) is 10.6. The summed E-state index contributed by atoms with van der Waals surface area (Å²) in [5.41, 5.74) is -0.215. The number of allylic oxidation sites excluding steroid dienone is 1. The molecule has 284 valence electrons. The Labute approximate surface area is 305 Å². The van der Waals surface area contributed by atoms with Crippen molar-refractivity contribution in [1.29, 1.82) is 0 Å². The highest BCUT2D eigenvalue weighted by Crippen LogP contribution is 2.50. The minimum Gasteiger partial charge on any atom is -0.444 e. The second-order valence-corrected chi connectivity index (χ2v) is 15.2. The van der Waals surface area contributed by atoms with Gasteiger partial charge in [-0.15, -0.1) is 6.58 Å². The molecule has 6 atom stereocenters. The quantitative estimate of drug-likeness (QED) is 0.157. The molecule has 3 unspecified atom stereocenters. The summed E-state index contributed by atoms with van der Waals surface area (Å²) in [7, 11) is 3.12. The van der Waals surface area contributed by atoms with Gasteiger partial charge in [0, 0.05) is 20.6 Å². The highest BCUT2D eigenvalue weighted by Gasteiger charge is 2.58. The van der Waals surface area contributed by atoms with E-state index in [1.54, 1.807) is 71.3 Å². The molecule has 2 saturated carbocycles. The van der Waals surface area contributed by atoms with E-state index in [1.807, 2.05) is 0 Å². The predicted octanol–water partition coefficient (Wildman–Crippen LogP) is 2.39. The number of carbonyl (C=O) groups excluding carboxylic acids is 7. The number of ether oxygens (including phenoxy) is 1. The van der Waals surface area contributed by atoms with E-state index in [9.17, 15) is 33.6 Å². The number of Topliss-reactive ketones (excluding diaryl/α,β-unsaturated/α-hetero) is 1. The molecular weight excluding hydrogens is 668 g/mol. The van der Waals surface area contributed by atoms with Gasteiger partial charge in [-0.05, 0) is 76.2 Å². The Morgan fingerprint density at radius 3 is 2.27 bits per heavy atom. The second-order valence-electron chi connectivity index (χ2n) is 15.2. The first-order valence-electron chi connectivity index (χ1n) is 18.2. The molecule has 0 bridgehead atoms. The maximum absolute atomic E-state index is 14.2. The molecule has 0 radical (unpaired) electrons. The molecule has 3 aliphatic rings. The SMILES string of the molecule is C=CCCC(NC(=O)[C@@H]1C2CC2CN1C(=O)[C@@H](NC(=O)OC(C)(C)C)C1CCCCC1)C(=O)C(=O)NCC(=O)N[C@H](C(=O)N(C)C)c1ccccc1. The first-order chi connectivity index (χ1) is 24.6. The molecule has 0 aromatic heterocycles. The molecule has 4 rings (SSSR count). The molecule has 1 heterocycles. The van der Waals surface area contributed by atoms with E-state index >= 15 is 0 Å². The second kappa shape index (κ2) is 17.6. The van der Waals surface area contributed by atoms with Gasteiger partial charge in [-0.1, -0.05) is 55.7 Å². The number of hydrogen-bond donors (Lipinski definition) is 4. The molecule has 52 heavy (non-hydrogen) atoms. The zero-order chi connectivity index (χ0) is 38.2. The minimum atomic E-state index is -1.25. The molecular formula is C38H54N6O8. The summed E-state index contributed by atoms with van der Waals surface area (Å²) in [6, 6.07) is 4.63. The molecule has 14 heteroatoms. The van der Waals surface area contributed by atoms with Crippen molar-refractivity contribution < 1.29 is 38.3 Å². The summed E-state index contributed by atoms with van der Waals surface area (Å²) >= 11 is 0. The van der Waals surface area contributed by atoms with Gasteiger partial charge in [-0.25, -0.2) is 4.79 Å². The standard InChI is InChI=1S/C38H54N6O8/c1-7-8-19-27(32(46)34(48)39-21-28(45)41-29(35(49)43(5)6)23-15-11-9-12-16-23)40-33(47)31-26-20-25(26)22-44(31)36(50)30(24-17-13-10-14-18-24)42-37(51)52-38(2,3)4/h7,9,11-12,15-16,24-27,29-31H,1,8,10,13-14,17-22H2,2-6H3,(H,39,48)(H,40,47)(H,41,45)(H,42,51)/t25?,26?,27?,29-,30-,31-/m0/s1. The fourth-order valence-corrected chi connectivity index (χ4v) is 7.11. The van der Waals surface area contributed by atoms with Gasteiger partial charge in [0.25, 0.3) is 5.91 Å². The van der Waals surface area contributed by atoms with Crippen molar-refractivity contribution in [1.82, 2.24) is 31.1 Å². The largest absolute Gasteiger partial charge is 0.444 e. The van der Waals surface area contributed by atoms with E-state index in [4.69, 9.17) is 4.74 Å². The van der Waals surface area contributed by atoms with E-state index in [2.05, 4.69) is 27.8 Å². The smallest absolute Gasteiger partial charge is 0.408 e. The van der Waals surface area contributed by atoms with Crippen LogP contribution in [0.3, 0.4) is 0 Å². The minimum absolute atomic E-state index is 0.0702. The van der Waals surface area contributed by atoms with E-state index in [0.29, 0.717) is 18.5 Å². The van der Waals surface area contributed by atoms with Crippen molar-refractivity contribution in [2.75, 3.05) is 27.2 Å². The molecule has 1 saturated heterocycles. The van der Waals surface area contributed by atoms with Crippen LogP contribution >= 0.6 is 0 Å². The molecule has 4 N–H and O–H groups in total. The molecule has 3 fully saturated rings. The summed E-state index contributed by atoms with van der Waals surface area (Å²) in [4.78, 5) is 96.0. The number of nitrogens with zero attached hydrogens (tertiary/aromatic N) is 2. The summed E-state index contributed by atoms with van der Waals surface area (Å²) in [6.07, 6.45) is 6.40. The molecule has 0 spiro atoms. The normalized spacial score (nSPS) is 21.3. The van der Waals surface area contributed by atoms with Crippen molar-refractivity contribution in [3.63, 3.8) is 0 Å². The van der Waals surface area contributed by atoms with Crippen LogP contribution in [-0.2, 0) is 33.5 Å². The number of carbonyl (C=O) groups is 7. The number of benzene rings is 1. The van der Waals surface area contributed by atoms with Gasteiger partial charge in [-0.2, -0.15) is 0 Å². The summed E-state index contributed by atoms with van der Waals surface area (Å²) in [6.45, 7) is 8.68. The number of likely N-dealkylation sites (N-methyl/N-ethyl adjacent to an activating group) is 1. The average Bonchev–Trinajstić information content (AvgIpc) is 3.77. The van der Waals surface area contributed by atoms with Gasteiger partial charge in [0.1, 0.15) is 23.7 Å². The lowest BCUT2D eigenvalue weighted by Gasteiger charge is -2.36. The Morgan fingerprint density at radius 1 is 0.981 bits per heavy atom. The first-order valence-corrected chi connectivity index (χ1v) is 18.2. The van der Waals surface area contributed by atoms with Crippen molar-refractivity contribution in [2.45, 2.75) is 102 Å². The van der Waals surface area contributed by atoms with E-state index in [0.717, 1.165) is 38.5 Å². The highest BCUT2D eigenvalue weighted by atomic mass is 16.6. The average molecular weight is 723 g/mol. The third-order valence-corrected chi connectivity index (χ3v) is 9.81. The lowest BCUT2D eigenvalue weighted by molar-refractivity contribution is -0.144. The Kier molecular flexibility index (Phi) is 13.6. The van der Waals surface area contributed by atoms with Crippen molar-refractivity contribution in [3.05, 3.63) is 48.6 Å². The predicted molar refractivity (Wildman–Crippen MR) is 192 cm³/mol. The molecule has 1 aromatic rings. The topological polar surface area (TPSA) is 183 Å². The van der Waals surface area contributed by atoms with Crippen LogP contribution in [0.15, 0.2) is 43.0 Å². The van der Waals surface area contributed by atoms with Crippen LogP contribution in [-0.4, -0.2) is 102 Å². The van der Waals surface area contributed by atoms with Gasteiger partial charge < -0.3 is 35.8 Å². The number of amides is 6. The molecule has 1 aliphatic heterocycles. The van der Waals surface area contributed by atoms with Crippen LogP contribution < -0.4 is 21.3 Å². The fraction of sp³-hybridized carbons (Fsp3) is 0.605. The molecule has 14 nitrogen and oxygen atoms in total. The van der Waals surface area contributed by atoms with E-state index in [-0.39, 0.29) is 36.0 Å². The number of alkyl carbamates (subject to hydrolysis) is 1. The zero-order valence-electron chi connectivity index (χ0n) is 30.9. The monoisotopic (exact) mass is 722 g/mol. The maximum Gasteiger partial charge on any atom is 0.408 e. The molecule has 6 amide bonds. The Bertz CT molecular complexity index is 1500. The Morgan fingerprint density at radius 2 is 1.65 bits per heavy atom. The summed E-state index contributed by atoms with van der Waals surface area (Å²) in [5, 5.41) is 10.5. The van der Waals surface area contributed by atoms with Gasteiger partial charge in [-0.3, -0.25) is 28.8 Å². The number of likely N-dealkylation sites (tertiary alicyclic amines) is 1. The molecule has 2 aliphatic carbocycles. The van der Waals surface area contributed by atoms with Crippen LogP contribution in [0.2, 0.25) is 0 Å². The van der Waals surface area contributed by atoms with Gasteiger partial charge >= 0.3 is 6.09 Å². The Balaban J connectivity index is 1.42. The van der Waals surface area contributed by atoms with Crippen LogP contribution in [0.1, 0.15) is 83.7 Å². The van der Waals surface area contributed by atoms with Crippen LogP contribution in [0.25, 0.3) is 0 Å². The number of hydrogen-bond acceptors (Lipinski definition) is 8. The van der Waals surface area contributed by atoms with E-state index < -0.39 is 65.9 Å². The summed E-state index contributed by atoms with van der Waals surface area (Å²) < 4.78 is 5.48. The van der Waals surface area contributed by atoms with E-state index in [1.165, 1.54) is 9.80 Å². The summed E-state index contributed by atoms with van der Waals surface area (Å²) in [5.74, 6) is -4.11. The van der Waals surface area contributed by atoms with Gasteiger partial charge in [0.15, 0.2) is 0 Å². The number of nitrogens with one attached hydrogen (secondary N) is 4. The van der Waals surface area contributed by atoms with Crippen LogP contribution in [0, 0.1) is 17.8 Å². The highest BCUT2D eigenvalue weighted by molar-refractivity contribution is 6.38. The molecule has 1 aromatic carbocycles. The third-order valence-electron chi connectivity index (χ3n) is 9.81. The van der Waals surface area contributed by atoms with Crippen LogP contribution in [0.5, 0.6) is 0 Å². The first kappa shape index (κ1) is 40.0. The van der Waals surface area contributed by atoms with Crippen molar-refractivity contribution in [2.24, 2.45) is 17.8 Å². The number of piperidine rings is 1. The maximum atomic E-state index is 14.2. The number of fused-ring (bicyclic) bond motifs is 1.